The average Bonchev–Trinajstić information content (AvgIpc) is 3.00. The van der Waals surface area contributed by atoms with Gasteiger partial charge in [0.15, 0.2) is 0 Å². The number of benzene rings is 5. The summed E-state index contributed by atoms with van der Waals surface area (Å²) < 4.78 is 0. The van der Waals surface area contributed by atoms with Gasteiger partial charge in [-0.15, -0.1) is 59.7 Å². The van der Waals surface area contributed by atoms with Gasteiger partial charge < -0.3 is 9.97 Å². The summed E-state index contributed by atoms with van der Waals surface area (Å²) in [5.41, 5.74) is 6.50. The van der Waals surface area contributed by atoms with E-state index in [4.69, 9.17) is 0 Å². The first-order valence-electron chi connectivity index (χ1n) is 12.8. The van der Waals surface area contributed by atoms with Gasteiger partial charge in [0.25, 0.3) is 0 Å². The molecule has 0 amide bonds. The molecule has 0 unspecified atom stereocenters. The van der Waals surface area contributed by atoms with Gasteiger partial charge in [-0.05, 0) is 53.0 Å². The minimum Gasteiger partial charge on any atom is -0.305 e. The van der Waals surface area contributed by atoms with E-state index in [1.54, 1.807) is 6.20 Å². The molecule has 39 heavy (non-hydrogen) atoms. The summed E-state index contributed by atoms with van der Waals surface area (Å²) in [6.45, 7) is 4.22. The second-order valence-corrected chi connectivity index (χ2v) is 9.41. The van der Waals surface area contributed by atoms with Gasteiger partial charge in [-0.2, -0.15) is 0 Å². The molecule has 7 rings (SSSR count). The molecule has 0 aliphatic heterocycles. The van der Waals surface area contributed by atoms with E-state index in [1.807, 2.05) is 48.7 Å². The molecule has 2 nitrogen and oxygen atoms in total. The first-order valence-corrected chi connectivity index (χ1v) is 12.8. The normalized spacial score (nSPS) is 10.6. The van der Waals surface area contributed by atoms with E-state index in [0.29, 0.717) is 0 Å². The first kappa shape index (κ1) is 26.4. The number of aryl methyl sites for hydroxylation is 2. The van der Waals surface area contributed by atoms with E-state index in [1.165, 1.54) is 43.4 Å². The average molecular weight is 679 g/mol. The van der Waals surface area contributed by atoms with Crippen LogP contribution in [-0.4, -0.2) is 9.97 Å². The molecule has 7 aromatic rings. The Balaban J connectivity index is 0.000000200. The maximum Gasteiger partial charge on any atom is 0.0192 e. The molecular weight excluding hydrogens is 653 g/mol. The van der Waals surface area contributed by atoms with Crippen molar-refractivity contribution in [1.82, 2.24) is 9.97 Å². The number of fused-ring (bicyclic) bond motifs is 6. The van der Waals surface area contributed by atoms with Crippen molar-refractivity contribution in [2.45, 2.75) is 13.8 Å². The zero-order valence-corrected chi connectivity index (χ0v) is 24.2. The van der Waals surface area contributed by atoms with Gasteiger partial charge in [-0.25, -0.2) is 0 Å². The topological polar surface area (TPSA) is 25.8 Å². The van der Waals surface area contributed by atoms with Gasteiger partial charge in [0.1, 0.15) is 0 Å². The van der Waals surface area contributed by atoms with Crippen LogP contribution < -0.4 is 0 Å². The van der Waals surface area contributed by atoms with Crippen molar-refractivity contribution in [2.75, 3.05) is 0 Å². The number of rotatable bonds is 2. The smallest absolute Gasteiger partial charge is 0.0192 e. The van der Waals surface area contributed by atoms with Gasteiger partial charge in [-0.1, -0.05) is 88.5 Å². The van der Waals surface area contributed by atoms with Crippen LogP contribution in [0, 0.1) is 26.0 Å². The molecule has 0 aliphatic carbocycles. The van der Waals surface area contributed by atoms with E-state index in [-0.39, 0.29) is 20.1 Å². The minimum absolute atomic E-state index is 0. The number of hydrogen-bond acceptors (Lipinski definition) is 2. The maximum atomic E-state index is 4.63. The zero-order chi connectivity index (χ0) is 25.9. The number of pyridine rings is 2. The van der Waals surface area contributed by atoms with Gasteiger partial charge in [0, 0.05) is 32.5 Å². The summed E-state index contributed by atoms with van der Waals surface area (Å²) in [5, 5.41) is 7.64. The third-order valence-electron chi connectivity index (χ3n) is 6.97. The SMILES string of the molecule is Cc1cnc(-c2[c-]cc3c4ccccc4c4ccccc4c3c2)cc1C.[Ir].[c-]1ccccc1-c1ccccn1. The Bertz CT molecular complexity index is 1810. The summed E-state index contributed by atoms with van der Waals surface area (Å²) in [6, 6.07) is 44.1. The quantitative estimate of drug-likeness (QED) is 0.135. The Morgan fingerprint density at radius 3 is 1.77 bits per heavy atom. The molecule has 0 spiro atoms. The molecule has 0 aliphatic rings. The molecule has 3 heteroatoms. The zero-order valence-electron chi connectivity index (χ0n) is 21.8. The Kier molecular flexibility index (Phi) is 7.93. The van der Waals surface area contributed by atoms with Gasteiger partial charge >= 0.3 is 0 Å². The monoisotopic (exact) mass is 679 g/mol. The van der Waals surface area contributed by atoms with Crippen LogP contribution in [0.25, 0.3) is 54.8 Å². The minimum atomic E-state index is 0. The van der Waals surface area contributed by atoms with Gasteiger partial charge in [0.2, 0.25) is 0 Å². The molecule has 0 bridgehead atoms. The molecule has 1 radical (unpaired) electrons. The van der Waals surface area contributed by atoms with Crippen molar-refractivity contribution < 1.29 is 20.1 Å². The summed E-state index contributed by atoms with van der Waals surface area (Å²) >= 11 is 0. The van der Waals surface area contributed by atoms with Crippen LogP contribution in [0.3, 0.4) is 0 Å². The Hall–Kier alpha value is -4.17. The van der Waals surface area contributed by atoms with Crippen LogP contribution in [0.2, 0.25) is 0 Å². The fourth-order valence-corrected chi connectivity index (χ4v) is 4.84. The second-order valence-electron chi connectivity index (χ2n) is 9.41. The molecule has 2 heterocycles. The summed E-state index contributed by atoms with van der Waals surface area (Å²) in [7, 11) is 0. The van der Waals surface area contributed by atoms with Crippen molar-refractivity contribution in [3.8, 4) is 22.5 Å². The van der Waals surface area contributed by atoms with Crippen molar-refractivity contribution >= 4 is 32.3 Å². The fourth-order valence-electron chi connectivity index (χ4n) is 4.84. The molecule has 0 N–H and O–H groups in total. The third kappa shape index (κ3) is 5.38. The predicted molar refractivity (Wildman–Crippen MR) is 159 cm³/mol. The van der Waals surface area contributed by atoms with Crippen molar-refractivity contribution in [3.05, 3.63) is 145 Å². The molecule has 191 valence electrons. The van der Waals surface area contributed by atoms with Crippen LogP contribution >= 0.6 is 0 Å². The number of nitrogens with zero attached hydrogens (tertiary/aromatic N) is 2. The van der Waals surface area contributed by atoms with Gasteiger partial charge in [0.05, 0.1) is 0 Å². The van der Waals surface area contributed by atoms with Crippen LogP contribution in [0.5, 0.6) is 0 Å². The Morgan fingerprint density at radius 1 is 0.513 bits per heavy atom. The molecule has 0 saturated carbocycles. The molecular formula is C36H26IrN2-2. The summed E-state index contributed by atoms with van der Waals surface area (Å²) in [5.74, 6) is 0. The van der Waals surface area contributed by atoms with E-state index in [0.717, 1.165) is 22.5 Å². The first-order chi connectivity index (χ1) is 18.7. The number of hydrogen-bond donors (Lipinski definition) is 0. The van der Waals surface area contributed by atoms with Crippen molar-refractivity contribution in [1.29, 1.82) is 0 Å². The Morgan fingerprint density at radius 2 is 1.15 bits per heavy atom. The number of aromatic nitrogens is 2. The molecule has 2 aromatic heterocycles. The summed E-state index contributed by atoms with van der Waals surface area (Å²) in [6.07, 6.45) is 3.73. The third-order valence-corrected chi connectivity index (χ3v) is 6.97. The van der Waals surface area contributed by atoms with Crippen LogP contribution in [-0.2, 0) is 20.1 Å². The molecule has 0 atom stereocenters. The van der Waals surface area contributed by atoms with Crippen molar-refractivity contribution in [2.24, 2.45) is 0 Å². The maximum absolute atomic E-state index is 4.63. The van der Waals surface area contributed by atoms with Gasteiger partial charge in [-0.3, -0.25) is 0 Å². The summed E-state index contributed by atoms with van der Waals surface area (Å²) in [4.78, 5) is 8.85. The predicted octanol–water partition coefficient (Wildman–Crippen LogP) is 9.17. The molecule has 5 aromatic carbocycles. The largest absolute Gasteiger partial charge is 0.305 e. The van der Waals surface area contributed by atoms with E-state index < -0.39 is 0 Å². The fraction of sp³-hybridized carbons (Fsp3) is 0.0556. The molecule has 0 fully saturated rings. The van der Waals surface area contributed by atoms with E-state index >= 15 is 0 Å². The molecule has 0 saturated heterocycles. The standard InChI is InChI=1S/C25H18N.C11H8N.Ir/c1-16-13-25(26-15-17(16)2)18-11-12-23-21-9-4-3-7-19(21)20-8-5-6-10-22(20)24(23)14-18;1-2-6-10(7-3-1)11-8-4-5-9-12-11;/h3-10,12-15H,1-2H3;1-6,8-9H;/q2*-1;. The van der Waals surface area contributed by atoms with Crippen molar-refractivity contribution in [3.63, 3.8) is 0 Å². The van der Waals surface area contributed by atoms with E-state index in [2.05, 4.69) is 103 Å². The van der Waals surface area contributed by atoms with Crippen LogP contribution in [0.4, 0.5) is 0 Å². The van der Waals surface area contributed by atoms with Crippen LogP contribution in [0.15, 0.2) is 122 Å². The van der Waals surface area contributed by atoms with E-state index in [9.17, 15) is 0 Å². The van der Waals surface area contributed by atoms with Crippen LogP contribution in [0.1, 0.15) is 11.1 Å². The second kappa shape index (κ2) is 11.7. The Labute approximate surface area is 242 Å².